The zero-order chi connectivity index (χ0) is 11.6. The normalized spacial score (nSPS) is 21.4. The third-order valence-corrected chi connectivity index (χ3v) is 2.25. The van der Waals surface area contributed by atoms with Crippen molar-refractivity contribution in [2.45, 2.75) is 31.7 Å². The van der Waals surface area contributed by atoms with Crippen molar-refractivity contribution in [3.8, 4) is 0 Å². The molecule has 0 fully saturated rings. The van der Waals surface area contributed by atoms with Gasteiger partial charge in [0.15, 0.2) is 0 Å². The average molecular weight is 215 g/mol. The van der Waals surface area contributed by atoms with Crippen molar-refractivity contribution in [2.24, 2.45) is 11.7 Å². The fourth-order valence-corrected chi connectivity index (χ4v) is 1.28. The molecule has 3 unspecified atom stereocenters. The maximum Gasteiger partial charge on any atom is 0.394 e. The third kappa shape index (κ3) is 3.11. The summed E-state index contributed by atoms with van der Waals surface area (Å²) in [6.07, 6.45) is -5.76. The number of ether oxygens (including phenoxy) is 1. The quantitative estimate of drug-likeness (QED) is 0.732. The van der Waals surface area contributed by atoms with Crippen LogP contribution in [0.5, 0.6) is 0 Å². The van der Waals surface area contributed by atoms with Gasteiger partial charge in [-0.3, -0.25) is 0 Å². The summed E-state index contributed by atoms with van der Waals surface area (Å²) >= 11 is 0. The minimum Gasteiger partial charge on any atom is -0.386 e. The van der Waals surface area contributed by atoms with Gasteiger partial charge in [-0.05, 0) is 6.92 Å². The first-order valence-corrected chi connectivity index (χ1v) is 4.18. The van der Waals surface area contributed by atoms with Crippen LogP contribution in [0.25, 0.3) is 0 Å². The van der Waals surface area contributed by atoms with E-state index in [1.165, 1.54) is 6.92 Å². The van der Waals surface area contributed by atoms with Gasteiger partial charge in [0, 0.05) is 13.7 Å². The molecule has 0 rings (SSSR count). The molecule has 0 aromatic carbocycles. The van der Waals surface area contributed by atoms with Crippen LogP contribution in [0.15, 0.2) is 0 Å². The Morgan fingerprint density at radius 3 is 2.07 bits per heavy atom. The molecule has 0 aromatic heterocycles. The van der Waals surface area contributed by atoms with Gasteiger partial charge in [-0.1, -0.05) is 6.92 Å². The molecular formula is C8H16F3NO2. The molecule has 3 nitrogen and oxygen atoms in total. The van der Waals surface area contributed by atoms with Gasteiger partial charge in [-0.2, -0.15) is 13.2 Å². The summed E-state index contributed by atoms with van der Waals surface area (Å²) in [5, 5.41) is 9.57. The maximum absolute atomic E-state index is 12.3. The smallest absolute Gasteiger partial charge is 0.386 e. The topological polar surface area (TPSA) is 55.5 Å². The fraction of sp³-hybridized carbons (Fsp3) is 1.00. The van der Waals surface area contributed by atoms with Gasteiger partial charge < -0.3 is 15.6 Å². The van der Waals surface area contributed by atoms with E-state index in [1.807, 2.05) is 0 Å². The van der Waals surface area contributed by atoms with E-state index in [0.717, 1.165) is 14.0 Å². The van der Waals surface area contributed by atoms with E-state index in [9.17, 15) is 18.3 Å². The molecule has 0 aliphatic heterocycles. The highest BCUT2D eigenvalue weighted by Crippen LogP contribution is 2.33. The van der Waals surface area contributed by atoms with Gasteiger partial charge >= 0.3 is 6.18 Å². The monoisotopic (exact) mass is 215 g/mol. The Balaban J connectivity index is 4.73. The molecule has 0 heterocycles. The molecule has 3 N–H and O–H groups in total. The maximum atomic E-state index is 12.3. The molecular weight excluding hydrogens is 199 g/mol. The molecule has 0 aliphatic carbocycles. The van der Waals surface area contributed by atoms with Crippen LogP contribution in [0, 0.1) is 5.92 Å². The average Bonchev–Trinajstić information content (AvgIpc) is 2.03. The highest BCUT2D eigenvalue weighted by atomic mass is 19.4. The molecule has 0 bridgehead atoms. The fourth-order valence-electron chi connectivity index (χ4n) is 1.28. The number of aliphatic hydroxyl groups is 1. The molecule has 0 aromatic rings. The van der Waals surface area contributed by atoms with Gasteiger partial charge in [0.1, 0.15) is 5.60 Å². The van der Waals surface area contributed by atoms with Crippen molar-refractivity contribution in [1.82, 2.24) is 0 Å². The molecule has 0 aliphatic rings. The van der Waals surface area contributed by atoms with Gasteiger partial charge in [0.05, 0.1) is 12.0 Å². The zero-order valence-electron chi connectivity index (χ0n) is 8.43. The summed E-state index contributed by atoms with van der Waals surface area (Å²) in [6, 6.07) is 0. The second-order valence-corrected chi connectivity index (χ2v) is 3.55. The Kier molecular flexibility index (Phi) is 4.35. The van der Waals surface area contributed by atoms with E-state index in [2.05, 4.69) is 4.74 Å². The first-order chi connectivity index (χ1) is 6.16. The van der Waals surface area contributed by atoms with Gasteiger partial charge in [0.2, 0.25) is 0 Å². The van der Waals surface area contributed by atoms with E-state index >= 15 is 0 Å². The molecule has 3 atom stereocenters. The van der Waals surface area contributed by atoms with Crippen LogP contribution < -0.4 is 5.73 Å². The molecule has 0 radical (unpaired) electrons. The van der Waals surface area contributed by atoms with Crippen LogP contribution in [0.1, 0.15) is 13.8 Å². The van der Waals surface area contributed by atoms with Gasteiger partial charge in [0.25, 0.3) is 0 Å². The largest absolute Gasteiger partial charge is 0.394 e. The SMILES string of the molecule is COC(C(C)C(F)(F)F)C(C)(O)CN. The lowest BCUT2D eigenvalue weighted by Gasteiger charge is -2.35. The van der Waals surface area contributed by atoms with Crippen molar-refractivity contribution in [3.63, 3.8) is 0 Å². The standard InChI is InChI=1S/C8H16F3NO2/c1-5(8(9,10)11)6(14-3)7(2,13)4-12/h5-6,13H,4,12H2,1-3H3. The Labute approximate surface area is 81.0 Å². The molecule has 6 heteroatoms. The van der Waals surface area contributed by atoms with E-state index < -0.39 is 23.8 Å². The summed E-state index contributed by atoms with van der Waals surface area (Å²) in [5.41, 5.74) is 3.49. The number of halogens is 3. The Morgan fingerprint density at radius 1 is 1.43 bits per heavy atom. The lowest BCUT2D eigenvalue weighted by atomic mass is 9.89. The van der Waals surface area contributed by atoms with Crippen LogP contribution in [-0.2, 0) is 4.74 Å². The van der Waals surface area contributed by atoms with E-state index in [-0.39, 0.29) is 6.54 Å². The van der Waals surface area contributed by atoms with E-state index in [4.69, 9.17) is 5.73 Å². The number of nitrogens with two attached hydrogens (primary N) is 1. The number of hydrogen-bond donors (Lipinski definition) is 2. The molecule has 0 amide bonds. The minimum absolute atomic E-state index is 0.286. The van der Waals surface area contributed by atoms with Crippen LogP contribution in [0.3, 0.4) is 0 Å². The van der Waals surface area contributed by atoms with Gasteiger partial charge in [-0.25, -0.2) is 0 Å². The Bertz CT molecular complexity index is 182. The number of alkyl halides is 3. The van der Waals surface area contributed by atoms with Crippen molar-refractivity contribution in [1.29, 1.82) is 0 Å². The first-order valence-electron chi connectivity index (χ1n) is 4.18. The van der Waals surface area contributed by atoms with Crippen LogP contribution in [0.2, 0.25) is 0 Å². The predicted octanol–water partition coefficient (Wildman–Crippen LogP) is 0.910. The lowest BCUT2D eigenvalue weighted by molar-refractivity contribution is -0.225. The Morgan fingerprint density at radius 2 is 1.86 bits per heavy atom. The molecule has 86 valence electrons. The van der Waals surface area contributed by atoms with Gasteiger partial charge in [-0.15, -0.1) is 0 Å². The van der Waals surface area contributed by atoms with Crippen molar-refractivity contribution in [2.75, 3.05) is 13.7 Å². The highest BCUT2D eigenvalue weighted by molar-refractivity contribution is 4.89. The summed E-state index contributed by atoms with van der Waals surface area (Å²) in [5.74, 6) is -1.76. The molecule has 0 spiro atoms. The molecule has 0 saturated heterocycles. The Hall–Kier alpha value is -0.330. The lowest BCUT2D eigenvalue weighted by Crippen LogP contribution is -2.53. The zero-order valence-corrected chi connectivity index (χ0v) is 8.43. The number of hydrogen-bond acceptors (Lipinski definition) is 3. The summed E-state index contributed by atoms with van der Waals surface area (Å²) < 4.78 is 41.6. The second kappa shape index (κ2) is 4.46. The minimum atomic E-state index is -4.40. The summed E-state index contributed by atoms with van der Waals surface area (Å²) in [7, 11) is 1.12. The third-order valence-electron chi connectivity index (χ3n) is 2.25. The van der Waals surface area contributed by atoms with Crippen molar-refractivity contribution in [3.05, 3.63) is 0 Å². The van der Waals surface area contributed by atoms with Crippen LogP contribution in [0.4, 0.5) is 13.2 Å². The molecule has 0 saturated carbocycles. The van der Waals surface area contributed by atoms with Crippen LogP contribution >= 0.6 is 0 Å². The molecule has 14 heavy (non-hydrogen) atoms. The van der Waals surface area contributed by atoms with Crippen molar-refractivity contribution < 1.29 is 23.0 Å². The number of methoxy groups -OCH3 is 1. The van der Waals surface area contributed by atoms with E-state index in [0.29, 0.717) is 0 Å². The number of rotatable bonds is 4. The second-order valence-electron chi connectivity index (χ2n) is 3.55. The summed E-state index contributed by atoms with van der Waals surface area (Å²) in [4.78, 5) is 0. The van der Waals surface area contributed by atoms with E-state index in [1.54, 1.807) is 0 Å². The predicted molar refractivity (Wildman–Crippen MR) is 45.7 cm³/mol. The van der Waals surface area contributed by atoms with Crippen LogP contribution in [-0.4, -0.2) is 36.6 Å². The first kappa shape index (κ1) is 13.7. The highest BCUT2D eigenvalue weighted by Gasteiger charge is 2.48. The summed E-state index contributed by atoms with van der Waals surface area (Å²) in [6.45, 7) is 1.90. The van der Waals surface area contributed by atoms with Crippen molar-refractivity contribution >= 4 is 0 Å².